The smallest absolute Gasteiger partial charge is 0.242 e. The first kappa shape index (κ1) is 17.0. The number of hydrogen-bond acceptors (Lipinski definition) is 4. The summed E-state index contributed by atoms with van der Waals surface area (Å²) in [6, 6.07) is 19.8. The van der Waals surface area contributed by atoms with Gasteiger partial charge in [-0.2, -0.15) is 0 Å². The molecule has 126 valence electrons. The molecule has 0 bridgehead atoms. The minimum atomic E-state index is -1.73. The zero-order chi connectivity index (χ0) is 17.7. The lowest BCUT2D eigenvalue weighted by Gasteiger charge is -2.20. The van der Waals surface area contributed by atoms with Crippen LogP contribution in [0.4, 0.5) is 5.69 Å². The van der Waals surface area contributed by atoms with Gasteiger partial charge in [0.15, 0.2) is 0 Å². The van der Waals surface area contributed by atoms with Crippen molar-refractivity contribution in [2.75, 3.05) is 0 Å². The quantitative estimate of drug-likeness (QED) is 0.489. The van der Waals surface area contributed by atoms with Crippen LogP contribution >= 0.6 is 0 Å². The Kier molecular flexibility index (Phi) is 5.05. The Hall–Kier alpha value is -2.79. The Labute approximate surface area is 149 Å². The Morgan fingerprint density at radius 3 is 2.32 bits per heavy atom. The first-order chi connectivity index (χ1) is 12.0. The second-order valence-corrected chi connectivity index (χ2v) is 11.0. The second kappa shape index (κ2) is 7.40. The van der Waals surface area contributed by atoms with Gasteiger partial charge in [0.2, 0.25) is 8.32 Å². The van der Waals surface area contributed by atoms with Crippen LogP contribution in [0.3, 0.4) is 0 Å². The fourth-order valence-electron chi connectivity index (χ4n) is 2.38. The molecule has 0 amide bonds. The average molecular weight is 347 g/mol. The molecule has 3 rings (SSSR count). The van der Waals surface area contributed by atoms with E-state index in [1.807, 2.05) is 60.7 Å². The third kappa shape index (κ3) is 4.61. The minimum absolute atomic E-state index is 0.781. The van der Waals surface area contributed by atoms with E-state index in [0.29, 0.717) is 0 Å². The highest BCUT2D eigenvalue weighted by molar-refractivity contribution is 6.70. The van der Waals surface area contributed by atoms with Crippen LogP contribution in [0.25, 0.3) is 0 Å². The molecule has 5 heteroatoms. The predicted molar refractivity (Wildman–Crippen MR) is 104 cm³/mol. The van der Waals surface area contributed by atoms with E-state index >= 15 is 0 Å². The maximum Gasteiger partial charge on any atom is 0.242 e. The van der Waals surface area contributed by atoms with Crippen molar-refractivity contribution < 1.29 is 4.43 Å². The van der Waals surface area contributed by atoms with Crippen LogP contribution in [0, 0.1) is 0 Å². The minimum Gasteiger partial charge on any atom is -0.543 e. The Morgan fingerprint density at radius 2 is 1.64 bits per heavy atom. The van der Waals surface area contributed by atoms with Crippen molar-refractivity contribution in [3.8, 4) is 5.75 Å². The number of nitrogens with zero attached hydrogens (tertiary/aromatic N) is 3. The summed E-state index contributed by atoms with van der Waals surface area (Å²) in [6.45, 7) is 6.49. The van der Waals surface area contributed by atoms with E-state index in [1.54, 1.807) is 6.20 Å². The number of rotatable bonds is 5. The SMILES string of the molecule is C[Si](C)(C)Oc1ccccc1N=C(c1ccccc1)c1ccncn1. The summed E-state index contributed by atoms with van der Waals surface area (Å²) < 4.78 is 6.20. The summed E-state index contributed by atoms with van der Waals surface area (Å²) in [7, 11) is -1.73. The fourth-order valence-corrected chi connectivity index (χ4v) is 3.22. The van der Waals surface area contributed by atoms with Crippen LogP contribution in [-0.4, -0.2) is 24.0 Å². The molecule has 3 aromatic rings. The summed E-state index contributed by atoms with van der Waals surface area (Å²) in [6.07, 6.45) is 3.27. The van der Waals surface area contributed by atoms with Gasteiger partial charge in [0.05, 0.1) is 11.4 Å². The summed E-state index contributed by atoms with van der Waals surface area (Å²) >= 11 is 0. The highest BCUT2D eigenvalue weighted by atomic mass is 28.4. The molecule has 1 heterocycles. The first-order valence-corrected chi connectivity index (χ1v) is 11.6. The Morgan fingerprint density at radius 1 is 0.920 bits per heavy atom. The van der Waals surface area contributed by atoms with Gasteiger partial charge >= 0.3 is 0 Å². The van der Waals surface area contributed by atoms with E-state index in [2.05, 4.69) is 29.6 Å². The number of para-hydroxylation sites is 2. The van der Waals surface area contributed by atoms with Gasteiger partial charge in [0, 0.05) is 11.8 Å². The molecule has 0 unspecified atom stereocenters. The molecule has 0 radical (unpaired) electrons. The molecule has 0 atom stereocenters. The van der Waals surface area contributed by atoms with Gasteiger partial charge in [0.25, 0.3) is 0 Å². The number of aliphatic imine (C=N–C) groups is 1. The summed E-state index contributed by atoms with van der Waals surface area (Å²) in [5.41, 5.74) is 3.39. The third-order valence-electron chi connectivity index (χ3n) is 3.39. The summed E-state index contributed by atoms with van der Waals surface area (Å²) in [4.78, 5) is 13.3. The highest BCUT2D eigenvalue weighted by Gasteiger charge is 2.18. The van der Waals surface area contributed by atoms with E-state index in [4.69, 9.17) is 9.42 Å². The van der Waals surface area contributed by atoms with Crippen molar-refractivity contribution in [3.05, 3.63) is 84.4 Å². The van der Waals surface area contributed by atoms with Crippen molar-refractivity contribution in [1.29, 1.82) is 0 Å². The van der Waals surface area contributed by atoms with Crippen LogP contribution in [-0.2, 0) is 0 Å². The Bertz CT molecular complexity index is 817. The predicted octanol–water partition coefficient (Wildman–Crippen LogP) is 4.86. The molecule has 0 aliphatic carbocycles. The van der Waals surface area contributed by atoms with Gasteiger partial charge in [-0.15, -0.1) is 0 Å². The van der Waals surface area contributed by atoms with Crippen LogP contribution in [0.15, 0.2) is 78.2 Å². The second-order valence-electron chi connectivity index (χ2n) is 6.60. The van der Waals surface area contributed by atoms with E-state index in [0.717, 1.165) is 28.4 Å². The van der Waals surface area contributed by atoms with Crippen molar-refractivity contribution in [2.24, 2.45) is 4.99 Å². The Balaban J connectivity index is 2.12. The molecule has 2 aromatic carbocycles. The molecule has 0 fully saturated rings. The molecular weight excluding hydrogens is 326 g/mol. The monoisotopic (exact) mass is 347 g/mol. The molecule has 4 nitrogen and oxygen atoms in total. The summed E-state index contributed by atoms with van der Waals surface area (Å²) in [5.74, 6) is 0.809. The zero-order valence-corrected chi connectivity index (χ0v) is 15.7. The third-order valence-corrected chi connectivity index (χ3v) is 4.22. The highest BCUT2D eigenvalue weighted by Crippen LogP contribution is 2.30. The molecule has 25 heavy (non-hydrogen) atoms. The van der Waals surface area contributed by atoms with Crippen LogP contribution < -0.4 is 4.43 Å². The first-order valence-electron chi connectivity index (χ1n) is 8.21. The van der Waals surface area contributed by atoms with Crippen LogP contribution in [0.1, 0.15) is 11.3 Å². The van der Waals surface area contributed by atoms with E-state index in [9.17, 15) is 0 Å². The van der Waals surface area contributed by atoms with Crippen molar-refractivity contribution in [1.82, 2.24) is 9.97 Å². The normalized spacial score (nSPS) is 12.0. The number of aromatic nitrogens is 2. The van der Waals surface area contributed by atoms with E-state index < -0.39 is 8.32 Å². The van der Waals surface area contributed by atoms with Crippen LogP contribution in [0.2, 0.25) is 19.6 Å². The number of hydrogen-bond donors (Lipinski definition) is 0. The largest absolute Gasteiger partial charge is 0.543 e. The van der Waals surface area contributed by atoms with Crippen molar-refractivity contribution >= 4 is 19.7 Å². The van der Waals surface area contributed by atoms with E-state index in [1.165, 1.54) is 6.33 Å². The molecule has 0 saturated carbocycles. The van der Waals surface area contributed by atoms with Crippen molar-refractivity contribution in [2.45, 2.75) is 19.6 Å². The molecular formula is C20H21N3OSi. The van der Waals surface area contributed by atoms with Crippen LogP contribution in [0.5, 0.6) is 5.75 Å². The lowest BCUT2D eigenvalue weighted by atomic mass is 10.1. The summed E-state index contributed by atoms with van der Waals surface area (Å²) in [5, 5.41) is 0. The molecule has 0 aliphatic rings. The van der Waals surface area contributed by atoms with Crippen molar-refractivity contribution in [3.63, 3.8) is 0 Å². The molecule has 0 spiro atoms. The van der Waals surface area contributed by atoms with Gasteiger partial charge in [-0.25, -0.2) is 15.0 Å². The fraction of sp³-hybridized carbons (Fsp3) is 0.150. The maximum absolute atomic E-state index is 6.20. The molecule has 0 aliphatic heterocycles. The maximum atomic E-state index is 6.20. The van der Waals surface area contributed by atoms with Gasteiger partial charge < -0.3 is 4.43 Å². The molecule has 0 N–H and O–H groups in total. The molecule has 0 saturated heterocycles. The van der Waals surface area contributed by atoms with E-state index in [-0.39, 0.29) is 0 Å². The topological polar surface area (TPSA) is 47.4 Å². The van der Waals surface area contributed by atoms with Gasteiger partial charge in [-0.05, 0) is 37.8 Å². The average Bonchev–Trinajstić information content (AvgIpc) is 2.61. The van der Waals surface area contributed by atoms with Gasteiger partial charge in [0.1, 0.15) is 17.8 Å². The lowest BCUT2D eigenvalue weighted by molar-refractivity contribution is 0.559. The molecule has 1 aromatic heterocycles. The standard InChI is InChI=1S/C20H21N3OSi/c1-25(2,3)24-19-12-8-7-11-17(19)23-20(16-9-5-4-6-10-16)18-13-14-21-15-22-18/h4-15H,1-3H3. The van der Waals surface area contributed by atoms with Gasteiger partial charge in [-0.3, -0.25) is 0 Å². The lowest BCUT2D eigenvalue weighted by Crippen LogP contribution is -2.29. The number of benzene rings is 2. The zero-order valence-electron chi connectivity index (χ0n) is 14.7. The van der Waals surface area contributed by atoms with Gasteiger partial charge in [-0.1, -0.05) is 42.5 Å².